The van der Waals surface area contributed by atoms with Crippen LogP contribution in [0, 0.1) is 10.1 Å². The summed E-state index contributed by atoms with van der Waals surface area (Å²) >= 11 is 1.64. The molecule has 3 heterocycles. The smallest absolute Gasteiger partial charge is 0.269 e. The van der Waals surface area contributed by atoms with Crippen molar-refractivity contribution in [3.05, 3.63) is 91.8 Å². The van der Waals surface area contributed by atoms with E-state index in [-0.39, 0.29) is 11.6 Å². The van der Waals surface area contributed by atoms with Gasteiger partial charge in [0.2, 0.25) is 0 Å². The normalized spacial score (nSPS) is 18.1. The SMILES string of the molecule is O=C1N[C@H](c2ccc([N+](=O)[O-])cc2)Nc2sc3c(c21)CCN(Cc1ccccc1)C3. The summed E-state index contributed by atoms with van der Waals surface area (Å²) in [5.74, 6) is -0.0823. The van der Waals surface area contributed by atoms with Gasteiger partial charge in [-0.2, -0.15) is 0 Å². The van der Waals surface area contributed by atoms with Crippen LogP contribution in [-0.4, -0.2) is 22.3 Å². The van der Waals surface area contributed by atoms with Crippen molar-refractivity contribution in [2.24, 2.45) is 0 Å². The fraction of sp³-hybridized carbons (Fsp3) is 0.227. The minimum atomic E-state index is -0.427. The molecule has 0 fully saturated rings. The Hall–Kier alpha value is -3.23. The Labute approximate surface area is 177 Å². The molecule has 152 valence electrons. The number of rotatable bonds is 4. The highest BCUT2D eigenvalue weighted by molar-refractivity contribution is 7.16. The minimum absolute atomic E-state index is 0.0340. The van der Waals surface area contributed by atoms with Crippen molar-refractivity contribution < 1.29 is 9.72 Å². The largest absolute Gasteiger partial charge is 0.353 e. The summed E-state index contributed by atoms with van der Waals surface area (Å²) in [6.45, 7) is 2.65. The van der Waals surface area contributed by atoms with Crippen LogP contribution in [0.25, 0.3) is 0 Å². The molecule has 1 aromatic heterocycles. The Bertz CT molecular complexity index is 1110. The van der Waals surface area contributed by atoms with Gasteiger partial charge < -0.3 is 10.6 Å². The van der Waals surface area contributed by atoms with Crippen molar-refractivity contribution in [3.8, 4) is 0 Å². The highest BCUT2D eigenvalue weighted by Gasteiger charge is 2.33. The second-order valence-electron chi connectivity index (χ2n) is 7.55. The van der Waals surface area contributed by atoms with Crippen LogP contribution in [-0.2, 0) is 19.5 Å². The molecule has 2 aliphatic rings. The van der Waals surface area contributed by atoms with Crippen LogP contribution in [0.1, 0.15) is 38.1 Å². The van der Waals surface area contributed by atoms with E-state index in [4.69, 9.17) is 0 Å². The van der Waals surface area contributed by atoms with Crippen LogP contribution < -0.4 is 10.6 Å². The summed E-state index contributed by atoms with van der Waals surface area (Å²) in [6.07, 6.45) is 0.456. The summed E-state index contributed by atoms with van der Waals surface area (Å²) in [6, 6.07) is 16.7. The van der Waals surface area contributed by atoms with E-state index in [0.717, 1.165) is 47.7 Å². The summed E-state index contributed by atoms with van der Waals surface area (Å²) in [4.78, 5) is 27.0. The fourth-order valence-corrected chi connectivity index (χ4v) is 5.42. The van der Waals surface area contributed by atoms with Crippen molar-refractivity contribution in [3.63, 3.8) is 0 Å². The molecule has 0 saturated carbocycles. The fourth-order valence-electron chi connectivity index (χ4n) is 4.10. The number of thiophene rings is 1. The van der Waals surface area contributed by atoms with E-state index >= 15 is 0 Å². The van der Waals surface area contributed by atoms with E-state index in [2.05, 4.69) is 39.8 Å². The quantitative estimate of drug-likeness (QED) is 0.491. The average Bonchev–Trinajstić information content (AvgIpc) is 3.12. The molecule has 1 atom stereocenters. The molecule has 2 aromatic carbocycles. The number of anilines is 1. The molecule has 8 heteroatoms. The number of nitro groups is 1. The third-order valence-corrected chi connectivity index (χ3v) is 6.75. The number of non-ortho nitro benzene ring substituents is 1. The van der Waals surface area contributed by atoms with E-state index in [0.29, 0.717) is 0 Å². The number of carbonyl (C=O) groups excluding carboxylic acids is 1. The molecular formula is C22H20N4O3S. The Morgan fingerprint density at radius 1 is 1.10 bits per heavy atom. The number of nitrogens with zero attached hydrogens (tertiary/aromatic N) is 2. The Kier molecular flexibility index (Phi) is 4.72. The topological polar surface area (TPSA) is 87.5 Å². The summed E-state index contributed by atoms with van der Waals surface area (Å²) in [5.41, 5.74) is 4.01. The number of carbonyl (C=O) groups is 1. The van der Waals surface area contributed by atoms with Crippen LogP contribution in [0.3, 0.4) is 0 Å². The van der Waals surface area contributed by atoms with Gasteiger partial charge in [0.1, 0.15) is 11.2 Å². The first-order chi connectivity index (χ1) is 14.6. The highest BCUT2D eigenvalue weighted by atomic mass is 32.1. The van der Waals surface area contributed by atoms with Crippen LogP contribution in [0.15, 0.2) is 54.6 Å². The average molecular weight is 420 g/mol. The summed E-state index contributed by atoms with van der Waals surface area (Å²) < 4.78 is 0. The van der Waals surface area contributed by atoms with Gasteiger partial charge in [0.05, 0.1) is 10.5 Å². The van der Waals surface area contributed by atoms with Gasteiger partial charge in [-0.1, -0.05) is 30.3 Å². The second kappa shape index (κ2) is 7.55. The number of fused-ring (bicyclic) bond motifs is 3. The van der Waals surface area contributed by atoms with Gasteiger partial charge in [-0.15, -0.1) is 11.3 Å². The lowest BCUT2D eigenvalue weighted by Crippen LogP contribution is -2.38. The monoisotopic (exact) mass is 420 g/mol. The van der Waals surface area contributed by atoms with E-state index < -0.39 is 11.1 Å². The molecule has 7 nitrogen and oxygen atoms in total. The molecule has 2 aliphatic heterocycles. The third-order valence-electron chi connectivity index (χ3n) is 5.60. The lowest BCUT2D eigenvalue weighted by Gasteiger charge is -2.28. The number of hydrogen-bond acceptors (Lipinski definition) is 6. The molecule has 2 N–H and O–H groups in total. The molecule has 30 heavy (non-hydrogen) atoms. The Balaban J connectivity index is 1.36. The van der Waals surface area contributed by atoms with Gasteiger partial charge in [-0.3, -0.25) is 19.8 Å². The van der Waals surface area contributed by atoms with Gasteiger partial charge in [0, 0.05) is 36.6 Å². The predicted octanol–water partition coefficient (Wildman–Crippen LogP) is 4.07. The van der Waals surface area contributed by atoms with Gasteiger partial charge in [0.15, 0.2) is 0 Å². The zero-order valence-corrected chi connectivity index (χ0v) is 16.9. The van der Waals surface area contributed by atoms with Gasteiger partial charge in [-0.05, 0) is 35.2 Å². The van der Waals surface area contributed by atoms with Crippen LogP contribution in [0.2, 0.25) is 0 Å². The zero-order chi connectivity index (χ0) is 20.7. The maximum absolute atomic E-state index is 12.9. The van der Waals surface area contributed by atoms with E-state index in [9.17, 15) is 14.9 Å². The summed E-state index contributed by atoms with van der Waals surface area (Å²) in [7, 11) is 0. The minimum Gasteiger partial charge on any atom is -0.353 e. The number of hydrogen-bond donors (Lipinski definition) is 2. The predicted molar refractivity (Wildman–Crippen MR) is 116 cm³/mol. The molecule has 0 saturated heterocycles. The molecule has 0 spiro atoms. The molecular weight excluding hydrogens is 400 g/mol. The van der Waals surface area contributed by atoms with E-state index in [1.165, 1.54) is 22.6 Å². The molecule has 3 aromatic rings. The Morgan fingerprint density at radius 2 is 1.87 bits per heavy atom. The van der Waals surface area contributed by atoms with Gasteiger partial charge in [0.25, 0.3) is 11.6 Å². The van der Waals surface area contributed by atoms with E-state index in [1.54, 1.807) is 23.5 Å². The van der Waals surface area contributed by atoms with Gasteiger partial charge >= 0.3 is 0 Å². The standard InChI is InChI=1S/C22H20N4O3S/c27-21-19-17-10-11-25(12-14-4-2-1-3-5-14)13-18(17)30-22(19)24-20(23-21)15-6-8-16(9-7-15)26(28)29/h1-9,20,24H,10-13H2,(H,23,27)/t20-/m0/s1. The van der Waals surface area contributed by atoms with Crippen molar-refractivity contribution >= 4 is 27.9 Å². The van der Waals surface area contributed by atoms with Crippen molar-refractivity contribution in [2.45, 2.75) is 25.7 Å². The number of nitro benzene ring substituents is 1. The van der Waals surface area contributed by atoms with Crippen LogP contribution >= 0.6 is 11.3 Å². The van der Waals surface area contributed by atoms with Crippen molar-refractivity contribution in [2.75, 3.05) is 11.9 Å². The lowest BCUT2D eigenvalue weighted by atomic mass is 10.00. The molecule has 0 unspecified atom stereocenters. The molecule has 1 amide bonds. The molecule has 0 bridgehead atoms. The number of nitrogens with one attached hydrogen (secondary N) is 2. The van der Waals surface area contributed by atoms with Crippen molar-refractivity contribution in [1.82, 2.24) is 10.2 Å². The third kappa shape index (κ3) is 3.44. The molecule has 0 aliphatic carbocycles. The Morgan fingerprint density at radius 3 is 2.60 bits per heavy atom. The first-order valence-electron chi connectivity index (χ1n) is 9.81. The first kappa shape index (κ1) is 18.8. The second-order valence-corrected chi connectivity index (χ2v) is 8.66. The van der Waals surface area contributed by atoms with E-state index in [1.807, 2.05) is 6.07 Å². The first-order valence-corrected chi connectivity index (χ1v) is 10.6. The molecule has 0 radical (unpaired) electrons. The number of benzene rings is 2. The molecule has 5 rings (SSSR count). The van der Waals surface area contributed by atoms with Crippen LogP contribution in [0.4, 0.5) is 10.7 Å². The summed E-state index contributed by atoms with van der Waals surface area (Å²) in [5, 5.41) is 18.2. The lowest BCUT2D eigenvalue weighted by molar-refractivity contribution is -0.384. The van der Waals surface area contributed by atoms with Crippen molar-refractivity contribution in [1.29, 1.82) is 0 Å². The number of amides is 1. The maximum atomic E-state index is 12.9. The maximum Gasteiger partial charge on any atom is 0.269 e. The zero-order valence-electron chi connectivity index (χ0n) is 16.1. The van der Waals surface area contributed by atoms with Crippen LogP contribution in [0.5, 0.6) is 0 Å². The highest BCUT2D eigenvalue weighted by Crippen LogP contribution is 2.41. The van der Waals surface area contributed by atoms with Gasteiger partial charge in [-0.25, -0.2) is 0 Å².